The van der Waals surface area contributed by atoms with Crippen LogP contribution in [0.3, 0.4) is 0 Å². The van der Waals surface area contributed by atoms with E-state index in [0.29, 0.717) is 6.04 Å². The Kier molecular flexibility index (Phi) is 3.39. The molecule has 0 spiro atoms. The van der Waals surface area contributed by atoms with Gasteiger partial charge in [0.1, 0.15) is 0 Å². The Bertz CT molecular complexity index is 299. The van der Waals surface area contributed by atoms with E-state index < -0.39 is 11.8 Å². The molecule has 5 heteroatoms. The molecule has 2 saturated heterocycles. The first-order chi connectivity index (χ1) is 7.92. The third kappa shape index (κ3) is 2.44. The molecule has 2 fully saturated rings. The summed E-state index contributed by atoms with van der Waals surface area (Å²) in [5.41, 5.74) is 0. The van der Waals surface area contributed by atoms with Crippen molar-refractivity contribution >= 4 is 5.91 Å². The Labute approximate surface area is 101 Å². The number of piperidine rings is 1. The average Bonchev–Trinajstić information content (AvgIpc) is 2.55. The maximum absolute atomic E-state index is 13.1. The fourth-order valence-corrected chi connectivity index (χ4v) is 2.74. The summed E-state index contributed by atoms with van der Waals surface area (Å²) in [6.45, 7) is 6.29. The third-order valence-corrected chi connectivity index (χ3v) is 3.91. The predicted molar refractivity (Wildman–Crippen MR) is 61.0 cm³/mol. The van der Waals surface area contributed by atoms with Gasteiger partial charge < -0.3 is 9.80 Å². The van der Waals surface area contributed by atoms with Crippen molar-refractivity contribution in [2.45, 2.75) is 51.1 Å². The summed E-state index contributed by atoms with van der Waals surface area (Å²) in [5.74, 6) is -4.07. The first-order valence-electron chi connectivity index (χ1n) is 6.35. The highest BCUT2D eigenvalue weighted by atomic mass is 19.3. The molecule has 1 amide bonds. The number of nitrogens with zero attached hydrogens (tertiary/aromatic N) is 2. The van der Waals surface area contributed by atoms with Crippen molar-refractivity contribution < 1.29 is 13.6 Å². The highest BCUT2D eigenvalue weighted by molar-refractivity contribution is 5.85. The number of likely N-dealkylation sites (tertiary alicyclic amines) is 2. The molecule has 0 N–H and O–H groups in total. The summed E-state index contributed by atoms with van der Waals surface area (Å²) in [4.78, 5) is 15.2. The van der Waals surface area contributed by atoms with Gasteiger partial charge in [0.15, 0.2) is 0 Å². The van der Waals surface area contributed by atoms with Gasteiger partial charge in [-0.1, -0.05) is 0 Å². The van der Waals surface area contributed by atoms with E-state index in [1.54, 1.807) is 0 Å². The Morgan fingerprint density at radius 1 is 1.24 bits per heavy atom. The van der Waals surface area contributed by atoms with Crippen LogP contribution in [0.4, 0.5) is 8.78 Å². The molecular formula is C12H20F2N2O. The second-order valence-electron chi connectivity index (χ2n) is 5.31. The summed E-state index contributed by atoms with van der Waals surface area (Å²) in [7, 11) is 0. The first kappa shape index (κ1) is 12.7. The average molecular weight is 246 g/mol. The van der Waals surface area contributed by atoms with Crippen LogP contribution in [0, 0.1) is 0 Å². The van der Waals surface area contributed by atoms with Gasteiger partial charge in [-0.05, 0) is 26.7 Å². The van der Waals surface area contributed by atoms with E-state index in [-0.39, 0.29) is 19.0 Å². The van der Waals surface area contributed by atoms with Gasteiger partial charge in [-0.2, -0.15) is 8.78 Å². The van der Waals surface area contributed by atoms with Gasteiger partial charge in [-0.25, -0.2) is 0 Å². The molecule has 0 bridgehead atoms. The summed E-state index contributed by atoms with van der Waals surface area (Å²) in [5, 5.41) is 0. The van der Waals surface area contributed by atoms with Crippen LogP contribution in [0.1, 0.15) is 33.1 Å². The molecule has 2 aliphatic heterocycles. The first-order valence-corrected chi connectivity index (χ1v) is 6.35. The van der Waals surface area contributed by atoms with Crippen molar-refractivity contribution in [3.63, 3.8) is 0 Å². The zero-order valence-electron chi connectivity index (χ0n) is 10.5. The van der Waals surface area contributed by atoms with Crippen molar-refractivity contribution in [1.29, 1.82) is 0 Å². The van der Waals surface area contributed by atoms with Crippen molar-refractivity contribution in [3.05, 3.63) is 0 Å². The summed E-state index contributed by atoms with van der Waals surface area (Å²) in [6, 6.07) is 0.512. The lowest BCUT2D eigenvalue weighted by atomic mass is 10.0. The number of carbonyl (C=O) groups is 1. The van der Waals surface area contributed by atoms with Gasteiger partial charge in [0.2, 0.25) is 0 Å². The zero-order valence-corrected chi connectivity index (χ0v) is 10.5. The standard InChI is InChI=1S/C12H20F2N2O/c1-9(2)15-6-3-10(4-7-15)16-8-5-12(13,14)11(16)17/h9-10H,3-8H2,1-2H3. The summed E-state index contributed by atoms with van der Waals surface area (Å²) < 4.78 is 26.3. The Morgan fingerprint density at radius 3 is 2.24 bits per heavy atom. The second-order valence-corrected chi connectivity index (χ2v) is 5.31. The highest BCUT2D eigenvalue weighted by Crippen LogP contribution is 2.32. The predicted octanol–water partition coefficient (Wildman–Crippen LogP) is 1.73. The second kappa shape index (κ2) is 4.52. The molecule has 17 heavy (non-hydrogen) atoms. The lowest BCUT2D eigenvalue weighted by molar-refractivity contribution is -0.150. The lowest BCUT2D eigenvalue weighted by Gasteiger charge is -2.38. The minimum absolute atomic E-state index is 0.0193. The molecule has 2 aliphatic rings. The van der Waals surface area contributed by atoms with Gasteiger partial charge in [0.25, 0.3) is 5.91 Å². The van der Waals surface area contributed by atoms with Crippen molar-refractivity contribution in [2.75, 3.05) is 19.6 Å². The molecular weight excluding hydrogens is 226 g/mol. The number of alkyl halides is 2. The normalized spacial score (nSPS) is 27.1. The fourth-order valence-electron chi connectivity index (χ4n) is 2.74. The van der Waals surface area contributed by atoms with Gasteiger partial charge >= 0.3 is 5.92 Å². The van der Waals surface area contributed by atoms with Gasteiger partial charge in [0, 0.05) is 38.1 Å². The molecule has 98 valence electrons. The minimum Gasteiger partial charge on any atom is -0.334 e. The Morgan fingerprint density at radius 2 is 1.82 bits per heavy atom. The smallest absolute Gasteiger partial charge is 0.326 e. The van der Waals surface area contributed by atoms with Crippen LogP contribution in [0.15, 0.2) is 0 Å². The Balaban J connectivity index is 1.92. The molecule has 0 saturated carbocycles. The maximum atomic E-state index is 13.1. The van der Waals surface area contributed by atoms with E-state index in [4.69, 9.17) is 0 Å². The summed E-state index contributed by atoms with van der Waals surface area (Å²) >= 11 is 0. The van der Waals surface area contributed by atoms with Gasteiger partial charge in [-0.3, -0.25) is 4.79 Å². The van der Waals surface area contributed by atoms with Crippen LogP contribution in [0.25, 0.3) is 0 Å². The highest BCUT2D eigenvalue weighted by Gasteiger charge is 2.50. The van der Waals surface area contributed by atoms with E-state index in [1.165, 1.54) is 4.90 Å². The maximum Gasteiger partial charge on any atom is 0.326 e. The number of amides is 1. The SMILES string of the molecule is CC(C)N1CCC(N2CCC(F)(F)C2=O)CC1. The number of hydrogen-bond acceptors (Lipinski definition) is 2. The largest absolute Gasteiger partial charge is 0.334 e. The third-order valence-electron chi connectivity index (χ3n) is 3.91. The molecule has 3 nitrogen and oxygen atoms in total. The number of carbonyl (C=O) groups excluding carboxylic acids is 1. The molecule has 0 radical (unpaired) electrons. The number of halogens is 2. The minimum atomic E-state index is -3.12. The van der Waals surface area contributed by atoms with E-state index in [2.05, 4.69) is 18.7 Å². The molecule has 0 atom stereocenters. The van der Waals surface area contributed by atoms with Crippen LogP contribution in [0.2, 0.25) is 0 Å². The molecule has 0 aromatic carbocycles. The van der Waals surface area contributed by atoms with Crippen LogP contribution in [-0.2, 0) is 4.79 Å². The molecule has 0 unspecified atom stereocenters. The van der Waals surface area contributed by atoms with Crippen molar-refractivity contribution in [1.82, 2.24) is 9.80 Å². The van der Waals surface area contributed by atoms with Crippen LogP contribution in [-0.4, -0.2) is 53.3 Å². The van der Waals surface area contributed by atoms with Crippen LogP contribution in [0.5, 0.6) is 0 Å². The lowest BCUT2D eigenvalue weighted by Crippen LogP contribution is -2.48. The van der Waals surface area contributed by atoms with E-state index in [0.717, 1.165) is 25.9 Å². The quantitative estimate of drug-likeness (QED) is 0.741. The van der Waals surface area contributed by atoms with E-state index in [9.17, 15) is 13.6 Å². The molecule has 0 aliphatic carbocycles. The summed E-state index contributed by atoms with van der Waals surface area (Å²) in [6.07, 6.45) is 1.33. The van der Waals surface area contributed by atoms with Gasteiger partial charge in [-0.15, -0.1) is 0 Å². The zero-order chi connectivity index (χ0) is 12.6. The number of hydrogen-bond donors (Lipinski definition) is 0. The molecule has 0 aromatic rings. The topological polar surface area (TPSA) is 23.6 Å². The fraction of sp³-hybridized carbons (Fsp3) is 0.917. The van der Waals surface area contributed by atoms with Crippen molar-refractivity contribution in [3.8, 4) is 0 Å². The Hall–Kier alpha value is -0.710. The molecule has 0 aromatic heterocycles. The van der Waals surface area contributed by atoms with E-state index >= 15 is 0 Å². The number of rotatable bonds is 2. The van der Waals surface area contributed by atoms with Crippen molar-refractivity contribution in [2.24, 2.45) is 0 Å². The van der Waals surface area contributed by atoms with Gasteiger partial charge in [0.05, 0.1) is 0 Å². The molecule has 2 heterocycles. The van der Waals surface area contributed by atoms with E-state index in [1.807, 2.05) is 0 Å². The monoisotopic (exact) mass is 246 g/mol. The molecule has 2 rings (SSSR count). The van der Waals surface area contributed by atoms with Crippen LogP contribution < -0.4 is 0 Å². The van der Waals surface area contributed by atoms with Crippen LogP contribution >= 0.6 is 0 Å².